The molecule has 0 aliphatic heterocycles. The van der Waals surface area contributed by atoms with Crippen LogP contribution < -0.4 is 10.6 Å². The Bertz CT molecular complexity index is 915. The minimum absolute atomic E-state index is 0.00467. The summed E-state index contributed by atoms with van der Waals surface area (Å²) < 4.78 is 6.06. The van der Waals surface area contributed by atoms with E-state index in [1.807, 2.05) is 0 Å². The van der Waals surface area contributed by atoms with E-state index in [9.17, 15) is 19.2 Å². The number of aliphatic hydroxyl groups excluding tert-OH is 1. The molecule has 0 saturated heterocycles. The summed E-state index contributed by atoms with van der Waals surface area (Å²) in [7, 11) is 0. The molecule has 0 bridgehead atoms. The van der Waals surface area contributed by atoms with E-state index in [-0.39, 0.29) is 24.5 Å². The Morgan fingerprint density at radius 3 is 1.16 bits per heavy atom. The zero-order chi connectivity index (χ0) is 41.2. The molecule has 0 radical (unpaired) electrons. The number of rotatable bonds is 44. The number of carbonyl (C=O) groups excluding carboxylic acids is 3. The second kappa shape index (κ2) is 42.4. The normalized spacial score (nSPS) is 12.3. The molecule has 0 aromatic carbocycles. The Hall–Kier alpha value is -2.16. The third kappa shape index (κ3) is 38.7. The SMILES string of the molecule is CCCCCCCCCCCCCCCCC(=O)OC(CCCCCCCCCCCCCCCC)CCCCCCCC(=O)NCC(=O)NC(CO)C(=O)O. The van der Waals surface area contributed by atoms with Crippen LogP contribution in [0.25, 0.3) is 0 Å². The van der Waals surface area contributed by atoms with Crippen molar-refractivity contribution in [2.45, 2.75) is 264 Å². The van der Waals surface area contributed by atoms with Crippen LogP contribution in [0.3, 0.4) is 0 Å². The number of carboxylic acids is 1. The smallest absolute Gasteiger partial charge is 0.328 e. The first kappa shape index (κ1) is 53.8. The molecule has 0 saturated carbocycles. The highest BCUT2D eigenvalue weighted by molar-refractivity contribution is 5.87. The topological polar surface area (TPSA) is 142 Å². The zero-order valence-corrected chi connectivity index (χ0v) is 36.7. The van der Waals surface area contributed by atoms with Crippen LogP contribution >= 0.6 is 0 Å². The third-order valence-electron chi connectivity index (χ3n) is 11.1. The lowest BCUT2D eigenvalue weighted by atomic mass is 10.0. The van der Waals surface area contributed by atoms with Gasteiger partial charge in [0.2, 0.25) is 11.8 Å². The van der Waals surface area contributed by atoms with Crippen LogP contribution in [0.2, 0.25) is 0 Å². The van der Waals surface area contributed by atoms with Crippen LogP contribution in [0.1, 0.15) is 251 Å². The van der Waals surface area contributed by atoms with Gasteiger partial charge in [0, 0.05) is 12.8 Å². The Morgan fingerprint density at radius 1 is 0.464 bits per heavy atom. The number of hydrogen-bond acceptors (Lipinski definition) is 6. The summed E-state index contributed by atoms with van der Waals surface area (Å²) in [5.74, 6) is -2.26. The van der Waals surface area contributed by atoms with Crippen molar-refractivity contribution in [3.8, 4) is 0 Å². The van der Waals surface area contributed by atoms with E-state index in [1.165, 1.54) is 161 Å². The first-order chi connectivity index (χ1) is 27.3. The van der Waals surface area contributed by atoms with E-state index < -0.39 is 24.5 Å². The lowest BCUT2D eigenvalue weighted by Crippen LogP contribution is -2.47. The van der Waals surface area contributed by atoms with Crippen molar-refractivity contribution < 1.29 is 34.1 Å². The maximum absolute atomic E-state index is 12.8. The molecule has 0 spiro atoms. The molecule has 0 fully saturated rings. The van der Waals surface area contributed by atoms with Crippen LogP contribution in [0, 0.1) is 0 Å². The van der Waals surface area contributed by atoms with Gasteiger partial charge in [-0.1, -0.05) is 200 Å². The average Bonchev–Trinajstić information content (AvgIpc) is 3.18. The second-order valence-electron chi connectivity index (χ2n) is 16.6. The summed E-state index contributed by atoms with van der Waals surface area (Å²) in [4.78, 5) is 47.7. The van der Waals surface area contributed by atoms with Crippen molar-refractivity contribution in [2.24, 2.45) is 0 Å². The third-order valence-corrected chi connectivity index (χ3v) is 11.1. The fraction of sp³-hybridized carbons (Fsp3) is 0.915. The van der Waals surface area contributed by atoms with E-state index in [2.05, 4.69) is 24.5 Å². The summed E-state index contributed by atoms with van der Waals surface area (Å²) >= 11 is 0. The van der Waals surface area contributed by atoms with Gasteiger partial charge in [0.05, 0.1) is 13.2 Å². The van der Waals surface area contributed by atoms with Gasteiger partial charge in [-0.25, -0.2) is 4.79 Å². The van der Waals surface area contributed by atoms with E-state index in [1.54, 1.807) is 0 Å². The number of nitrogens with one attached hydrogen (secondary N) is 2. The number of carboxylic acid groups (broad SMARTS) is 1. The van der Waals surface area contributed by atoms with Gasteiger partial charge in [-0.2, -0.15) is 0 Å². The number of ether oxygens (including phenoxy) is 1. The van der Waals surface area contributed by atoms with Crippen LogP contribution in [-0.4, -0.2) is 59.3 Å². The summed E-state index contributed by atoms with van der Waals surface area (Å²) in [5, 5.41) is 22.6. The number of aliphatic hydroxyl groups is 1. The number of unbranched alkanes of at least 4 members (excludes halogenated alkanes) is 30. The van der Waals surface area contributed by atoms with E-state index in [0.717, 1.165) is 57.8 Å². The van der Waals surface area contributed by atoms with Crippen LogP contribution in [0.15, 0.2) is 0 Å². The first-order valence-corrected chi connectivity index (χ1v) is 23.9. The molecule has 4 N–H and O–H groups in total. The lowest BCUT2D eigenvalue weighted by Gasteiger charge is -2.18. The fourth-order valence-electron chi connectivity index (χ4n) is 7.42. The highest BCUT2D eigenvalue weighted by Gasteiger charge is 2.19. The fourth-order valence-corrected chi connectivity index (χ4v) is 7.42. The summed E-state index contributed by atoms with van der Waals surface area (Å²) in [6.07, 6.45) is 44.1. The Labute approximate surface area is 344 Å². The molecule has 2 atom stereocenters. The van der Waals surface area contributed by atoms with Gasteiger partial charge >= 0.3 is 11.9 Å². The van der Waals surface area contributed by atoms with Crippen molar-refractivity contribution in [2.75, 3.05) is 13.2 Å². The number of amides is 2. The maximum Gasteiger partial charge on any atom is 0.328 e. The highest BCUT2D eigenvalue weighted by Crippen LogP contribution is 2.19. The molecule has 0 aliphatic rings. The second-order valence-corrected chi connectivity index (χ2v) is 16.6. The molecule has 0 aliphatic carbocycles. The van der Waals surface area contributed by atoms with Crippen molar-refractivity contribution >= 4 is 23.8 Å². The molecular formula is C47H90N2O7. The van der Waals surface area contributed by atoms with Crippen molar-refractivity contribution in [1.82, 2.24) is 10.6 Å². The highest BCUT2D eigenvalue weighted by atomic mass is 16.5. The first-order valence-electron chi connectivity index (χ1n) is 23.9. The summed E-state index contributed by atoms with van der Waals surface area (Å²) in [5.41, 5.74) is 0. The van der Waals surface area contributed by atoms with E-state index >= 15 is 0 Å². The molecule has 0 aromatic rings. The van der Waals surface area contributed by atoms with Crippen LogP contribution in [0.4, 0.5) is 0 Å². The summed E-state index contributed by atoms with van der Waals surface area (Å²) in [6, 6.07) is -1.38. The van der Waals surface area contributed by atoms with Crippen LogP contribution in [0.5, 0.6) is 0 Å². The van der Waals surface area contributed by atoms with Crippen molar-refractivity contribution in [1.29, 1.82) is 0 Å². The number of esters is 1. The van der Waals surface area contributed by atoms with Crippen LogP contribution in [-0.2, 0) is 23.9 Å². The molecular weight excluding hydrogens is 705 g/mol. The molecule has 9 nitrogen and oxygen atoms in total. The molecule has 0 aromatic heterocycles. The number of aliphatic carboxylic acids is 1. The van der Waals surface area contributed by atoms with Crippen molar-refractivity contribution in [3.63, 3.8) is 0 Å². The summed E-state index contributed by atoms with van der Waals surface area (Å²) in [6.45, 7) is 3.52. The van der Waals surface area contributed by atoms with Gasteiger partial charge in [0.1, 0.15) is 12.1 Å². The van der Waals surface area contributed by atoms with Gasteiger partial charge in [0.15, 0.2) is 0 Å². The molecule has 2 amide bonds. The van der Waals surface area contributed by atoms with E-state index in [0.29, 0.717) is 19.3 Å². The van der Waals surface area contributed by atoms with Gasteiger partial charge in [-0.3, -0.25) is 14.4 Å². The van der Waals surface area contributed by atoms with Gasteiger partial charge < -0.3 is 25.6 Å². The maximum atomic E-state index is 12.8. The quantitative estimate of drug-likeness (QED) is 0.0355. The number of carbonyl (C=O) groups is 4. The molecule has 9 heteroatoms. The van der Waals surface area contributed by atoms with Gasteiger partial charge in [-0.15, -0.1) is 0 Å². The lowest BCUT2D eigenvalue weighted by molar-refractivity contribution is -0.150. The zero-order valence-electron chi connectivity index (χ0n) is 36.7. The van der Waals surface area contributed by atoms with Gasteiger partial charge in [0.25, 0.3) is 0 Å². The monoisotopic (exact) mass is 795 g/mol. The Morgan fingerprint density at radius 2 is 0.804 bits per heavy atom. The minimum atomic E-state index is -1.38. The van der Waals surface area contributed by atoms with Gasteiger partial charge in [-0.05, 0) is 38.5 Å². The molecule has 56 heavy (non-hydrogen) atoms. The predicted octanol–water partition coefficient (Wildman–Crippen LogP) is 12.0. The molecule has 330 valence electrons. The predicted molar refractivity (Wildman–Crippen MR) is 232 cm³/mol. The number of hydrogen-bond donors (Lipinski definition) is 4. The Kier molecular flexibility index (Phi) is 40.8. The van der Waals surface area contributed by atoms with Crippen molar-refractivity contribution in [3.05, 3.63) is 0 Å². The standard InChI is InChI=1S/C47H90N2O7/c1-3-5-7-9-11-13-15-17-19-21-23-25-28-32-36-42(56-46(53)39-35-31-26-24-22-20-18-16-14-12-10-8-6-4-2)37-33-29-27-30-34-38-44(51)48-40-45(52)49-43(41-50)47(54)55/h42-43,50H,3-41H2,1-2H3,(H,48,51)(H,49,52)(H,54,55). The Balaban J connectivity index is 4.27. The largest absolute Gasteiger partial charge is 0.480 e. The average molecular weight is 795 g/mol. The van der Waals surface area contributed by atoms with E-state index in [4.69, 9.17) is 14.9 Å². The molecule has 0 rings (SSSR count). The molecule has 2 unspecified atom stereocenters. The molecule has 0 heterocycles. The minimum Gasteiger partial charge on any atom is -0.480 e.